The van der Waals surface area contributed by atoms with Gasteiger partial charge in [0.2, 0.25) is 0 Å². The maximum atomic E-state index is 13.4. The third-order valence-corrected chi connectivity index (χ3v) is 4.09. The minimum absolute atomic E-state index is 0.211. The van der Waals surface area contributed by atoms with Crippen molar-refractivity contribution in [1.29, 1.82) is 0 Å². The van der Waals surface area contributed by atoms with Gasteiger partial charge in [0.1, 0.15) is 17.3 Å². The number of hydrazone groups is 1. The fraction of sp³-hybridized carbons (Fsp3) is 0.0476. The van der Waals surface area contributed by atoms with E-state index in [0.29, 0.717) is 34.1 Å². The van der Waals surface area contributed by atoms with Gasteiger partial charge >= 0.3 is 0 Å². The monoisotopic (exact) mass is 346 g/mol. The number of hydrogen-bond acceptors (Lipinski definition) is 3. The molecular weight excluding hydrogens is 331 g/mol. The average molecular weight is 346 g/mol. The van der Waals surface area contributed by atoms with Gasteiger partial charge in [-0.2, -0.15) is 10.1 Å². The second kappa shape index (κ2) is 6.44. The lowest BCUT2D eigenvalue weighted by atomic mass is 10.1. The smallest absolute Gasteiger partial charge is 0.280 e. The third-order valence-electron chi connectivity index (χ3n) is 4.09. The molecule has 1 aliphatic rings. The summed E-state index contributed by atoms with van der Waals surface area (Å²) < 4.78 is 19.1. The fourth-order valence-electron chi connectivity index (χ4n) is 2.80. The molecule has 0 N–H and O–H groups in total. The van der Waals surface area contributed by atoms with Crippen LogP contribution in [-0.4, -0.2) is 11.6 Å². The van der Waals surface area contributed by atoms with E-state index in [1.54, 1.807) is 37.3 Å². The van der Waals surface area contributed by atoms with Gasteiger partial charge in [0, 0.05) is 5.56 Å². The molecule has 2 aromatic carbocycles. The molecule has 1 amide bonds. The van der Waals surface area contributed by atoms with Crippen LogP contribution in [0.4, 0.5) is 10.1 Å². The Morgan fingerprint density at radius 2 is 1.85 bits per heavy atom. The Kier molecular flexibility index (Phi) is 3.97. The van der Waals surface area contributed by atoms with Crippen LogP contribution in [0, 0.1) is 5.82 Å². The average Bonchev–Trinajstić information content (AvgIpc) is 3.23. The Labute approximate surface area is 149 Å². The largest absolute Gasteiger partial charge is 0.457 e. The van der Waals surface area contributed by atoms with E-state index in [-0.39, 0.29) is 11.7 Å². The van der Waals surface area contributed by atoms with Crippen LogP contribution in [0.1, 0.15) is 12.7 Å². The number of nitrogens with zero attached hydrogens (tertiary/aromatic N) is 2. The normalized spacial score (nSPS) is 15.6. The molecule has 4 rings (SSSR count). The molecule has 0 spiro atoms. The van der Waals surface area contributed by atoms with E-state index in [9.17, 15) is 9.18 Å². The summed E-state index contributed by atoms with van der Waals surface area (Å²) in [7, 11) is 0. The molecule has 26 heavy (non-hydrogen) atoms. The number of furan rings is 1. The summed E-state index contributed by atoms with van der Waals surface area (Å²) >= 11 is 0. The number of anilines is 1. The van der Waals surface area contributed by atoms with Crippen LogP contribution in [0.5, 0.6) is 0 Å². The molecule has 0 fully saturated rings. The summed E-state index contributed by atoms with van der Waals surface area (Å²) in [5.74, 6) is 0.511. The molecule has 0 unspecified atom stereocenters. The first-order valence-electron chi connectivity index (χ1n) is 8.14. The van der Waals surface area contributed by atoms with Crippen LogP contribution in [-0.2, 0) is 4.79 Å². The lowest BCUT2D eigenvalue weighted by Crippen LogP contribution is -2.21. The topological polar surface area (TPSA) is 45.8 Å². The van der Waals surface area contributed by atoms with E-state index >= 15 is 0 Å². The minimum Gasteiger partial charge on any atom is -0.457 e. The molecule has 0 radical (unpaired) electrons. The Morgan fingerprint density at radius 3 is 2.62 bits per heavy atom. The predicted octanol–water partition coefficient (Wildman–Crippen LogP) is 4.89. The van der Waals surface area contributed by atoms with Crippen molar-refractivity contribution in [3.8, 4) is 11.3 Å². The Morgan fingerprint density at radius 1 is 1.04 bits per heavy atom. The predicted molar refractivity (Wildman–Crippen MR) is 99.1 cm³/mol. The highest BCUT2D eigenvalue weighted by Gasteiger charge is 2.28. The van der Waals surface area contributed by atoms with Crippen molar-refractivity contribution in [2.45, 2.75) is 6.92 Å². The van der Waals surface area contributed by atoms with Gasteiger partial charge in [-0.15, -0.1) is 0 Å². The zero-order chi connectivity index (χ0) is 18.1. The van der Waals surface area contributed by atoms with Crippen molar-refractivity contribution in [2.75, 3.05) is 5.01 Å². The van der Waals surface area contributed by atoms with E-state index in [4.69, 9.17) is 4.42 Å². The van der Waals surface area contributed by atoms with Gasteiger partial charge in [-0.05, 0) is 49.4 Å². The zero-order valence-corrected chi connectivity index (χ0v) is 14.0. The first kappa shape index (κ1) is 16.0. The second-order valence-corrected chi connectivity index (χ2v) is 5.91. The number of carbonyl (C=O) groups is 1. The number of halogens is 1. The SMILES string of the molecule is CC1=NN(c2ccccc2)C(=O)/C1=C\c1ccc(-c2cccc(F)c2)o1. The molecule has 4 nitrogen and oxygen atoms in total. The van der Waals surface area contributed by atoms with E-state index in [0.717, 1.165) is 0 Å². The van der Waals surface area contributed by atoms with Gasteiger partial charge in [0.25, 0.3) is 5.91 Å². The number of hydrogen-bond donors (Lipinski definition) is 0. The van der Waals surface area contributed by atoms with Gasteiger partial charge in [-0.25, -0.2) is 4.39 Å². The Balaban J connectivity index is 1.63. The van der Waals surface area contributed by atoms with Crippen molar-refractivity contribution in [3.05, 3.63) is 83.9 Å². The third kappa shape index (κ3) is 2.95. The summed E-state index contributed by atoms with van der Waals surface area (Å²) in [6.45, 7) is 1.78. The van der Waals surface area contributed by atoms with Crippen LogP contribution < -0.4 is 5.01 Å². The molecular formula is C21H15FN2O2. The van der Waals surface area contributed by atoms with Crippen LogP contribution in [0.25, 0.3) is 17.4 Å². The quantitative estimate of drug-likeness (QED) is 0.634. The number of carbonyl (C=O) groups excluding carboxylic acids is 1. The minimum atomic E-state index is -0.328. The van der Waals surface area contributed by atoms with E-state index in [1.165, 1.54) is 17.1 Å². The van der Waals surface area contributed by atoms with Crippen molar-refractivity contribution in [1.82, 2.24) is 0 Å². The standard InChI is InChI=1S/C21H15FN2O2/c1-14-19(21(25)24(23-14)17-8-3-2-4-9-17)13-18-10-11-20(26-18)15-6-5-7-16(22)12-15/h2-13H,1H3/b19-13-. The van der Waals surface area contributed by atoms with Crippen molar-refractivity contribution in [2.24, 2.45) is 5.10 Å². The lowest BCUT2D eigenvalue weighted by Gasteiger charge is -2.10. The maximum Gasteiger partial charge on any atom is 0.280 e. The number of rotatable bonds is 3. The van der Waals surface area contributed by atoms with Crippen LogP contribution in [0.3, 0.4) is 0 Å². The van der Waals surface area contributed by atoms with Crippen LogP contribution in [0.15, 0.2) is 81.8 Å². The van der Waals surface area contributed by atoms with E-state index in [1.807, 2.05) is 30.3 Å². The Hall–Kier alpha value is -3.47. The first-order valence-corrected chi connectivity index (χ1v) is 8.14. The summed E-state index contributed by atoms with van der Waals surface area (Å²) in [6.07, 6.45) is 1.66. The summed E-state index contributed by atoms with van der Waals surface area (Å²) in [6, 6.07) is 18.9. The van der Waals surface area contributed by atoms with Gasteiger partial charge in [-0.3, -0.25) is 4.79 Å². The number of para-hydroxylation sites is 1. The number of benzene rings is 2. The first-order chi connectivity index (χ1) is 12.6. The molecule has 0 bridgehead atoms. The molecule has 0 saturated heterocycles. The molecule has 0 saturated carbocycles. The van der Waals surface area contributed by atoms with Gasteiger partial charge < -0.3 is 4.42 Å². The fourth-order valence-corrected chi connectivity index (χ4v) is 2.80. The van der Waals surface area contributed by atoms with Crippen molar-refractivity contribution >= 4 is 23.4 Å². The Bertz CT molecular complexity index is 1030. The molecule has 0 atom stereocenters. The highest BCUT2D eigenvalue weighted by atomic mass is 19.1. The number of amides is 1. The van der Waals surface area contributed by atoms with E-state index in [2.05, 4.69) is 5.10 Å². The van der Waals surface area contributed by atoms with Crippen LogP contribution in [0.2, 0.25) is 0 Å². The molecule has 128 valence electrons. The zero-order valence-electron chi connectivity index (χ0n) is 14.0. The molecule has 3 aromatic rings. The van der Waals surface area contributed by atoms with Gasteiger partial charge in [0.05, 0.1) is 17.0 Å². The molecule has 5 heteroatoms. The molecule has 1 aliphatic heterocycles. The summed E-state index contributed by atoms with van der Waals surface area (Å²) in [5.41, 5.74) is 2.43. The highest BCUT2D eigenvalue weighted by Crippen LogP contribution is 2.27. The van der Waals surface area contributed by atoms with Crippen molar-refractivity contribution in [3.63, 3.8) is 0 Å². The summed E-state index contributed by atoms with van der Waals surface area (Å²) in [4.78, 5) is 12.7. The van der Waals surface area contributed by atoms with Crippen LogP contribution >= 0.6 is 0 Å². The highest BCUT2D eigenvalue weighted by molar-refractivity contribution is 6.32. The van der Waals surface area contributed by atoms with E-state index < -0.39 is 0 Å². The molecule has 0 aliphatic carbocycles. The van der Waals surface area contributed by atoms with Gasteiger partial charge in [0.15, 0.2) is 0 Å². The molecule has 1 aromatic heterocycles. The lowest BCUT2D eigenvalue weighted by molar-refractivity contribution is -0.114. The maximum absolute atomic E-state index is 13.4. The second-order valence-electron chi connectivity index (χ2n) is 5.91. The molecule has 2 heterocycles. The van der Waals surface area contributed by atoms with Gasteiger partial charge in [-0.1, -0.05) is 30.3 Å². The van der Waals surface area contributed by atoms with Crippen molar-refractivity contribution < 1.29 is 13.6 Å². The summed E-state index contributed by atoms with van der Waals surface area (Å²) in [5, 5.41) is 5.71.